The van der Waals surface area contributed by atoms with Crippen LogP contribution in [0.4, 0.5) is 16.3 Å². The van der Waals surface area contributed by atoms with Gasteiger partial charge in [0.25, 0.3) is 0 Å². The molecule has 0 saturated carbocycles. The van der Waals surface area contributed by atoms with Crippen LogP contribution in [-0.4, -0.2) is 44.9 Å². The minimum atomic E-state index is -0.243. The van der Waals surface area contributed by atoms with Crippen molar-refractivity contribution >= 4 is 29.3 Å². The third-order valence-electron chi connectivity index (χ3n) is 3.77. The van der Waals surface area contributed by atoms with Crippen LogP contribution in [0.15, 0.2) is 53.9 Å². The first-order valence-electron chi connectivity index (χ1n) is 8.41. The molecule has 140 valence electrons. The van der Waals surface area contributed by atoms with Crippen molar-refractivity contribution in [1.82, 2.24) is 24.8 Å². The third-order valence-corrected chi connectivity index (χ3v) is 4.49. The van der Waals surface area contributed by atoms with Crippen LogP contribution >= 0.6 is 11.8 Å². The van der Waals surface area contributed by atoms with Gasteiger partial charge in [-0.25, -0.2) is 19.7 Å². The van der Waals surface area contributed by atoms with Crippen molar-refractivity contribution in [3.05, 3.63) is 54.9 Å². The normalized spacial score (nSPS) is 10.4. The van der Waals surface area contributed by atoms with E-state index in [-0.39, 0.29) is 6.03 Å². The zero-order chi connectivity index (χ0) is 19.1. The van der Waals surface area contributed by atoms with E-state index < -0.39 is 0 Å². The number of rotatable bonds is 7. The largest absolute Gasteiger partial charge is 0.368 e. The molecule has 27 heavy (non-hydrogen) atoms. The van der Waals surface area contributed by atoms with Gasteiger partial charge in [-0.1, -0.05) is 6.07 Å². The van der Waals surface area contributed by atoms with E-state index in [0.29, 0.717) is 18.9 Å². The molecule has 0 bridgehead atoms. The SMILES string of the molecule is CSc1cccc(NC(=O)NCCNc2cc(-n3ccnc3C)ncn2)c1. The zero-order valence-electron chi connectivity index (χ0n) is 15.1. The Hall–Kier alpha value is -3.07. The van der Waals surface area contributed by atoms with E-state index in [1.807, 2.05) is 54.3 Å². The van der Waals surface area contributed by atoms with E-state index in [2.05, 4.69) is 30.9 Å². The fourth-order valence-corrected chi connectivity index (χ4v) is 2.90. The van der Waals surface area contributed by atoms with Crippen LogP contribution in [0.3, 0.4) is 0 Å². The van der Waals surface area contributed by atoms with Gasteiger partial charge in [0, 0.05) is 42.1 Å². The van der Waals surface area contributed by atoms with Crippen LogP contribution in [0, 0.1) is 6.92 Å². The second-order valence-electron chi connectivity index (χ2n) is 5.65. The molecule has 3 rings (SSSR count). The van der Waals surface area contributed by atoms with E-state index in [1.54, 1.807) is 18.0 Å². The number of carbonyl (C=O) groups excluding carboxylic acids is 1. The van der Waals surface area contributed by atoms with Gasteiger partial charge in [0.2, 0.25) is 0 Å². The van der Waals surface area contributed by atoms with Crippen LogP contribution in [0.2, 0.25) is 0 Å². The fourth-order valence-electron chi connectivity index (χ4n) is 2.44. The number of urea groups is 1. The van der Waals surface area contributed by atoms with Crippen LogP contribution < -0.4 is 16.0 Å². The number of imidazole rings is 1. The molecule has 0 unspecified atom stereocenters. The number of nitrogens with zero attached hydrogens (tertiary/aromatic N) is 4. The molecule has 0 radical (unpaired) electrons. The smallest absolute Gasteiger partial charge is 0.319 e. The summed E-state index contributed by atoms with van der Waals surface area (Å²) in [5.74, 6) is 2.27. The molecule has 3 aromatic rings. The fraction of sp³-hybridized carbons (Fsp3) is 0.222. The number of carbonyl (C=O) groups is 1. The summed E-state index contributed by atoms with van der Waals surface area (Å²) in [5, 5.41) is 8.81. The van der Waals surface area contributed by atoms with Crippen molar-refractivity contribution in [2.24, 2.45) is 0 Å². The van der Waals surface area contributed by atoms with Gasteiger partial charge in [0.15, 0.2) is 0 Å². The average Bonchev–Trinajstić information content (AvgIpc) is 3.11. The maximum Gasteiger partial charge on any atom is 0.319 e. The van der Waals surface area contributed by atoms with E-state index in [0.717, 1.165) is 22.2 Å². The standard InChI is InChI=1S/C18H21N7OS/c1-13-19-8-9-25(13)17-11-16(22-12-23-17)20-6-7-21-18(26)24-14-4-3-5-15(10-14)27-2/h3-5,8-12H,6-7H2,1-2H3,(H,20,22,23)(H2,21,24,26). The van der Waals surface area contributed by atoms with E-state index in [1.165, 1.54) is 6.33 Å². The molecule has 2 heterocycles. The van der Waals surface area contributed by atoms with Gasteiger partial charge in [-0.15, -0.1) is 11.8 Å². The Morgan fingerprint density at radius 3 is 2.85 bits per heavy atom. The van der Waals surface area contributed by atoms with Gasteiger partial charge in [0.05, 0.1) is 0 Å². The lowest BCUT2D eigenvalue weighted by Gasteiger charge is -2.10. The van der Waals surface area contributed by atoms with Crippen molar-refractivity contribution in [1.29, 1.82) is 0 Å². The molecular weight excluding hydrogens is 362 g/mol. The number of hydrogen-bond donors (Lipinski definition) is 3. The molecule has 0 aliphatic carbocycles. The number of nitrogens with one attached hydrogen (secondary N) is 3. The Bertz CT molecular complexity index is 912. The lowest BCUT2D eigenvalue weighted by Crippen LogP contribution is -2.32. The minimum absolute atomic E-state index is 0.243. The van der Waals surface area contributed by atoms with Crippen molar-refractivity contribution in [2.45, 2.75) is 11.8 Å². The van der Waals surface area contributed by atoms with Crippen molar-refractivity contribution in [2.75, 3.05) is 30.0 Å². The zero-order valence-corrected chi connectivity index (χ0v) is 16.0. The monoisotopic (exact) mass is 383 g/mol. The number of benzene rings is 1. The maximum absolute atomic E-state index is 12.0. The number of amides is 2. The van der Waals surface area contributed by atoms with E-state index in [9.17, 15) is 4.79 Å². The molecule has 2 amide bonds. The predicted octanol–water partition coefficient (Wildman–Crippen LogP) is 2.93. The van der Waals surface area contributed by atoms with E-state index >= 15 is 0 Å². The van der Waals surface area contributed by atoms with Crippen molar-refractivity contribution < 1.29 is 4.79 Å². The molecule has 3 N–H and O–H groups in total. The number of anilines is 2. The van der Waals surface area contributed by atoms with Gasteiger partial charge >= 0.3 is 6.03 Å². The molecule has 1 aromatic carbocycles. The van der Waals surface area contributed by atoms with Gasteiger partial charge in [-0.2, -0.15) is 0 Å². The van der Waals surface area contributed by atoms with Gasteiger partial charge in [0.1, 0.15) is 23.8 Å². The highest BCUT2D eigenvalue weighted by molar-refractivity contribution is 7.98. The summed E-state index contributed by atoms with van der Waals surface area (Å²) >= 11 is 1.63. The Morgan fingerprint density at radius 2 is 2.07 bits per heavy atom. The first kappa shape index (κ1) is 18.7. The molecule has 0 aliphatic heterocycles. The Labute approximate surface area is 161 Å². The molecule has 2 aromatic heterocycles. The van der Waals surface area contributed by atoms with Crippen LogP contribution in [-0.2, 0) is 0 Å². The molecule has 0 atom stereocenters. The lowest BCUT2D eigenvalue weighted by atomic mass is 10.3. The summed E-state index contributed by atoms with van der Waals surface area (Å²) in [7, 11) is 0. The Kier molecular flexibility index (Phi) is 6.26. The molecule has 0 fully saturated rings. The van der Waals surface area contributed by atoms with Gasteiger partial charge < -0.3 is 16.0 Å². The molecule has 0 aliphatic rings. The van der Waals surface area contributed by atoms with Crippen molar-refractivity contribution in [3.63, 3.8) is 0 Å². The second-order valence-corrected chi connectivity index (χ2v) is 6.53. The summed E-state index contributed by atoms with van der Waals surface area (Å²) in [4.78, 5) is 25.7. The third kappa shape index (κ3) is 5.20. The summed E-state index contributed by atoms with van der Waals surface area (Å²) in [6, 6.07) is 9.30. The first-order chi connectivity index (χ1) is 13.2. The highest BCUT2D eigenvalue weighted by atomic mass is 32.2. The molecule has 0 saturated heterocycles. The molecule has 9 heteroatoms. The Balaban J connectivity index is 1.46. The molecular formula is C18H21N7OS. The maximum atomic E-state index is 12.0. The van der Waals surface area contributed by atoms with Crippen LogP contribution in [0.25, 0.3) is 5.82 Å². The highest BCUT2D eigenvalue weighted by Crippen LogP contribution is 2.18. The number of hydrogen-bond acceptors (Lipinski definition) is 6. The first-order valence-corrected chi connectivity index (χ1v) is 9.63. The summed E-state index contributed by atoms with van der Waals surface area (Å²) in [6.07, 6.45) is 7.06. The number of thioether (sulfide) groups is 1. The summed E-state index contributed by atoms with van der Waals surface area (Å²) < 4.78 is 1.88. The van der Waals surface area contributed by atoms with Gasteiger partial charge in [-0.05, 0) is 31.4 Å². The predicted molar refractivity (Wildman–Crippen MR) is 108 cm³/mol. The Morgan fingerprint density at radius 1 is 1.19 bits per heavy atom. The van der Waals surface area contributed by atoms with E-state index in [4.69, 9.17) is 0 Å². The minimum Gasteiger partial charge on any atom is -0.368 e. The van der Waals surface area contributed by atoms with Crippen LogP contribution in [0.1, 0.15) is 5.82 Å². The van der Waals surface area contributed by atoms with Gasteiger partial charge in [-0.3, -0.25) is 4.57 Å². The van der Waals surface area contributed by atoms with Crippen LogP contribution in [0.5, 0.6) is 0 Å². The summed E-state index contributed by atoms with van der Waals surface area (Å²) in [6.45, 7) is 2.90. The average molecular weight is 383 g/mol. The quantitative estimate of drug-likeness (QED) is 0.429. The second kappa shape index (κ2) is 9.04. The topological polar surface area (TPSA) is 96.8 Å². The number of aryl methyl sites for hydroxylation is 1. The number of aromatic nitrogens is 4. The highest BCUT2D eigenvalue weighted by Gasteiger charge is 2.05. The molecule has 0 spiro atoms. The summed E-state index contributed by atoms with van der Waals surface area (Å²) in [5.41, 5.74) is 0.767. The van der Waals surface area contributed by atoms with Crippen molar-refractivity contribution in [3.8, 4) is 5.82 Å². The lowest BCUT2D eigenvalue weighted by molar-refractivity contribution is 0.252. The molecule has 8 nitrogen and oxygen atoms in total.